The first-order valence-corrected chi connectivity index (χ1v) is 6.46. The summed E-state index contributed by atoms with van der Waals surface area (Å²) in [6, 6.07) is 0. The molecule has 22 heavy (non-hydrogen) atoms. The lowest BCUT2D eigenvalue weighted by atomic mass is 10.1. The van der Waals surface area contributed by atoms with Crippen molar-refractivity contribution in [1.29, 1.82) is 0 Å². The molecule has 0 aliphatic rings. The Morgan fingerprint density at radius 2 is 1.77 bits per heavy atom. The molecule has 0 unspecified atom stereocenters. The molecule has 0 saturated carbocycles. The third-order valence-electron chi connectivity index (χ3n) is 2.62. The number of nitrogens with zero attached hydrogens (tertiary/aromatic N) is 4. The second-order valence-corrected chi connectivity index (χ2v) is 5.31. The van der Waals surface area contributed by atoms with Gasteiger partial charge in [0.1, 0.15) is 10.7 Å². The van der Waals surface area contributed by atoms with Gasteiger partial charge in [0.15, 0.2) is 17.3 Å². The number of nitrogens with two attached hydrogens (primary N) is 1. The molecule has 0 aliphatic heterocycles. The van der Waals surface area contributed by atoms with Crippen LogP contribution in [0.3, 0.4) is 0 Å². The molecule has 0 spiro atoms. The Balaban J connectivity index is 2.49. The third-order valence-corrected chi connectivity index (χ3v) is 2.98. The summed E-state index contributed by atoms with van der Waals surface area (Å²) in [5.74, 6) is -2.77. The molecule has 118 valence electrons. The Labute approximate surface area is 129 Å². The highest BCUT2D eigenvalue weighted by molar-refractivity contribution is 6.33. The van der Waals surface area contributed by atoms with E-state index < -0.39 is 28.1 Å². The Hall–Kier alpha value is -2.16. The summed E-state index contributed by atoms with van der Waals surface area (Å²) in [5.41, 5.74) is 2.88. The van der Waals surface area contributed by atoms with Gasteiger partial charge in [0.2, 0.25) is 17.8 Å². The molecule has 2 rings (SSSR count). The van der Waals surface area contributed by atoms with Crippen LogP contribution in [0.5, 0.6) is 0 Å². The Bertz CT molecular complexity index is 732. The smallest absolute Gasteiger partial charge is 0.238 e. The van der Waals surface area contributed by atoms with E-state index in [9.17, 15) is 13.2 Å². The van der Waals surface area contributed by atoms with Crippen LogP contribution in [0.4, 0.5) is 30.8 Å². The fourth-order valence-electron chi connectivity index (χ4n) is 1.54. The Morgan fingerprint density at radius 1 is 1.14 bits per heavy atom. The van der Waals surface area contributed by atoms with E-state index >= 15 is 0 Å². The van der Waals surface area contributed by atoms with Crippen molar-refractivity contribution in [2.75, 3.05) is 11.1 Å². The highest BCUT2D eigenvalue weighted by Gasteiger charge is 2.25. The van der Waals surface area contributed by atoms with Crippen LogP contribution in [-0.4, -0.2) is 19.9 Å². The van der Waals surface area contributed by atoms with E-state index in [1.807, 2.05) is 0 Å². The summed E-state index contributed by atoms with van der Waals surface area (Å²) in [4.78, 5) is 14.5. The number of aromatic nitrogens is 4. The predicted molar refractivity (Wildman–Crippen MR) is 75.6 cm³/mol. The van der Waals surface area contributed by atoms with E-state index in [1.54, 1.807) is 0 Å². The lowest BCUT2D eigenvalue weighted by Crippen LogP contribution is -2.18. The van der Waals surface area contributed by atoms with Gasteiger partial charge in [-0.05, 0) is 20.8 Å². The maximum absolute atomic E-state index is 13.9. The first kappa shape index (κ1) is 16.2. The van der Waals surface area contributed by atoms with E-state index in [-0.39, 0.29) is 23.4 Å². The van der Waals surface area contributed by atoms with E-state index in [1.165, 1.54) is 20.8 Å². The summed E-state index contributed by atoms with van der Waals surface area (Å²) < 4.78 is 41.4. The third kappa shape index (κ3) is 3.19. The number of rotatable bonds is 3. The molecule has 6 nitrogen and oxygen atoms in total. The molecular weight excluding hydrogens is 321 g/mol. The highest BCUT2D eigenvalue weighted by Crippen LogP contribution is 2.31. The lowest BCUT2D eigenvalue weighted by Gasteiger charge is -2.14. The van der Waals surface area contributed by atoms with Crippen molar-refractivity contribution < 1.29 is 13.2 Å². The summed E-state index contributed by atoms with van der Waals surface area (Å²) in [5, 5.41) is 1.82. The van der Waals surface area contributed by atoms with Crippen LogP contribution in [0.15, 0.2) is 0 Å². The predicted octanol–water partition coefficient (Wildman–Crippen LogP) is 3.04. The van der Waals surface area contributed by atoms with Crippen molar-refractivity contribution in [3.63, 3.8) is 0 Å². The van der Waals surface area contributed by atoms with Gasteiger partial charge in [-0.15, -0.1) is 0 Å². The van der Waals surface area contributed by atoms with Crippen LogP contribution in [0.1, 0.15) is 25.4 Å². The number of anilines is 3. The molecule has 0 aromatic carbocycles. The van der Waals surface area contributed by atoms with Gasteiger partial charge in [-0.1, -0.05) is 11.6 Å². The zero-order valence-electron chi connectivity index (χ0n) is 11.9. The highest BCUT2D eigenvalue weighted by atomic mass is 35.5. The zero-order chi connectivity index (χ0) is 16.7. The summed E-state index contributed by atoms with van der Waals surface area (Å²) in [7, 11) is 0. The number of hydrogen-bond donors (Lipinski definition) is 2. The molecule has 0 amide bonds. The van der Waals surface area contributed by atoms with Gasteiger partial charge in [-0.2, -0.15) is 19.3 Å². The molecular formula is C12H12ClF3N6. The van der Waals surface area contributed by atoms with Crippen molar-refractivity contribution in [3.05, 3.63) is 28.3 Å². The van der Waals surface area contributed by atoms with Crippen molar-refractivity contribution in [3.8, 4) is 0 Å². The second kappa shape index (κ2) is 5.56. The van der Waals surface area contributed by atoms with E-state index in [4.69, 9.17) is 17.3 Å². The SMILES string of the molecule is Cc1nc(F)c(Nc2nc(N)nc(C(C)(C)F)n2)c(Cl)c1F. The lowest BCUT2D eigenvalue weighted by molar-refractivity contribution is 0.206. The number of nitrogen functional groups attached to an aromatic ring is 1. The molecule has 3 N–H and O–H groups in total. The van der Waals surface area contributed by atoms with Crippen molar-refractivity contribution in [2.45, 2.75) is 26.4 Å². The molecule has 0 radical (unpaired) electrons. The average molecular weight is 333 g/mol. The molecule has 2 aromatic heterocycles. The van der Waals surface area contributed by atoms with Crippen LogP contribution in [-0.2, 0) is 5.67 Å². The van der Waals surface area contributed by atoms with E-state index in [0.717, 1.165) is 0 Å². The fourth-order valence-corrected chi connectivity index (χ4v) is 1.81. The van der Waals surface area contributed by atoms with Gasteiger partial charge in [-0.3, -0.25) is 0 Å². The number of aryl methyl sites for hydroxylation is 1. The van der Waals surface area contributed by atoms with Crippen LogP contribution < -0.4 is 11.1 Å². The minimum absolute atomic E-state index is 0.200. The molecule has 0 fully saturated rings. The summed E-state index contributed by atoms with van der Waals surface area (Å²) >= 11 is 5.73. The van der Waals surface area contributed by atoms with Crippen LogP contribution in [0, 0.1) is 18.7 Å². The number of alkyl halides is 1. The van der Waals surface area contributed by atoms with E-state index in [0.29, 0.717) is 0 Å². The Kier molecular flexibility index (Phi) is 4.10. The van der Waals surface area contributed by atoms with Gasteiger partial charge in [0.05, 0.1) is 5.69 Å². The zero-order valence-corrected chi connectivity index (χ0v) is 12.6. The summed E-state index contributed by atoms with van der Waals surface area (Å²) in [6.07, 6.45) is 0. The topological polar surface area (TPSA) is 89.6 Å². The van der Waals surface area contributed by atoms with Crippen molar-refractivity contribution in [2.24, 2.45) is 0 Å². The standard InChI is InChI=1S/C12H12ClF3N6/c1-4-6(14)5(13)7(8(15)18-4)19-11-21-9(12(2,3)16)20-10(17)22-11/h1-3H3,(H3,17,19,20,21,22). The van der Waals surface area contributed by atoms with Crippen molar-refractivity contribution >= 4 is 29.2 Å². The monoisotopic (exact) mass is 332 g/mol. The molecule has 2 aromatic rings. The normalized spacial score (nSPS) is 11.6. The Morgan fingerprint density at radius 3 is 2.36 bits per heavy atom. The summed E-state index contributed by atoms with van der Waals surface area (Å²) in [6.45, 7) is 3.69. The molecule has 0 aliphatic carbocycles. The quantitative estimate of drug-likeness (QED) is 0.840. The minimum Gasteiger partial charge on any atom is -0.368 e. The van der Waals surface area contributed by atoms with Gasteiger partial charge in [-0.25, -0.2) is 13.8 Å². The number of pyridine rings is 1. The molecule has 0 saturated heterocycles. The van der Waals surface area contributed by atoms with E-state index in [2.05, 4.69) is 25.3 Å². The second-order valence-electron chi connectivity index (χ2n) is 4.93. The fraction of sp³-hybridized carbons (Fsp3) is 0.333. The average Bonchev–Trinajstić information content (AvgIpc) is 2.40. The molecule has 0 bridgehead atoms. The van der Waals surface area contributed by atoms with Gasteiger partial charge >= 0.3 is 0 Å². The number of hydrogen-bond acceptors (Lipinski definition) is 6. The molecule has 10 heteroatoms. The van der Waals surface area contributed by atoms with Gasteiger partial charge in [0, 0.05) is 0 Å². The molecule has 2 heterocycles. The van der Waals surface area contributed by atoms with Crippen LogP contribution in [0.25, 0.3) is 0 Å². The number of nitrogens with one attached hydrogen (secondary N) is 1. The van der Waals surface area contributed by atoms with Gasteiger partial charge < -0.3 is 11.1 Å². The first-order valence-electron chi connectivity index (χ1n) is 6.08. The molecule has 0 atom stereocenters. The van der Waals surface area contributed by atoms with Crippen LogP contribution >= 0.6 is 11.6 Å². The largest absolute Gasteiger partial charge is 0.368 e. The minimum atomic E-state index is -1.90. The van der Waals surface area contributed by atoms with Crippen molar-refractivity contribution in [1.82, 2.24) is 19.9 Å². The van der Waals surface area contributed by atoms with Crippen LogP contribution in [0.2, 0.25) is 5.02 Å². The maximum atomic E-state index is 13.9. The van der Waals surface area contributed by atoms with Gasteiger partial charge in [0.25, 0.3) is 0 Å². The number of halogens is 4. The first-order chi connectivity index (χ1) is 10.1. The maximum Gasteiger partial charge on any atom is 0.238 e.